The molecular weight excluding hydrogens is 166 g/mol. The Bertz CT molecular complexity index is 124. The highest BCUT2D eigenvalue weighted by atomic mass is 28.2. The summed E-state index contributed by atoms with van der Waals surface area (Å²) in [6.07, 6.45) is 6.81. The largest absolute Gasteiger partial charge is 0.231 e. The van der Waals surface area contributed by atoms with Gasteiger partial charge in [0.1, 0.15) is 0 Å². The van der Waals surface area contributed by atoms with Crippen molar-refractivity contribution in [2.24, 2.45) is 5.92 Å². The Morgan fingerprint density at radius 2 is 2.33 bits per heavy atom. The second-order valence-corrected chi connectivity index (χ2v) is 5.39. The van der Waals surface area contributed by atoms with Gasteiger partial charge in [-0.05, 0) is 5.92 Å². The third kappa shape index (κ3) is 6.32. The lowest BCUT2D eigenvalue weighted by atomic mass is 10.0. The molecule has 1 unspecified atom stereocenters. The van der Waals surface area contributed by atoms with Crippen molar-refractivity contribution < 1.29 is 4.79 Å². The Morgan fingerprint density at radius 1 is 1.67 bits per heavy atom. The normalized spacial score (nSPS) is 23.9. The molecule has 1 N–H and O–H groups in total. The van der Waals surface area contributed by atoms with E-state index in [1.54, 1.807) is 24.9 Å². The van der Waals surface area contributed by atoms with Crippen LogP contribution in [0, 0.1) is 11.3 Å². The molecule has 0 aliphatic carbocycles. The fraction of sp³-hybridized carbons (Fsp3) is 0.889. The number of carbonyl (C=O) groups excluding carboxylic acids is 1. The Balaban J connectivity index is 0.000000354. The zero-order valence-electron chi connectivity index (χ0n) is 7.94. The van der Waals surface area contributed by atoms with Crippen LogP contribution in [0.4, 0.5) is 0 Å². The summed E-state index contributed by atoms with van der Waals surface area (Å²) in [7, 11) is 0.441. The maximum Gasteiger partial charge on any atom is 0.231 e. The zero-order chi connectivity index (χ0) is 9.23. The molecule has 1 saturated heterocycles. The van der Waals surface area contributed by atoms with Crippen molar-refractivity contribution in [3.63, 3.8) is 0 Å². The fourth-order valence-electron chi connectivity index (χ4n) is 1.88. The van der Waals surface area contributed by atoms with Gasteiger partial charge in [-0.15, -0.1) is 0 Å². The maximum atomic E-state index is 8.35. The summed E-state index contributed by atoms with van der Waals surface area (Å²) < 4.78 is 0. The van der Waals surface area contributed by atoms with Crippen molar-refractivity contribution in [3.05, 3.63) is 0 Å². The molecule has 1 heterocycles. The highest BCUT2D eigenvalue weighted by Gasteiger charge is 2.11. The van der Waals surface area contributed by atoms with Gasteiger partial charge < -0.3 is 0 Å². The Hall–Kier alpha value is -0.403. The van der Waals surface area contributed by atoms with Crippen LogP contribution < -0.4 is 0 Å². The number of hydrogen-bond donors (Lipinski definition) is 1. The van der Waals surface area contributed by atoms with Gasteiger partial charge in [-0.2, -0.15) is 0 Å². The van der Waals surface area contributed by atoms with Gasteiger partial charge in [0.2, 0.25) is 6.08 Å². The molecule has 0 radical (unpaired) electrons. The van der Waals surface area contributed by atoms with E-state index in [0.717, 1.165) is 12.0 Å². The van der Waals surface area contributed by atoms with Crippen LogP contribution >= 0.6 is 0 Å². The molecule has 0 aromatic rings. The fourth-order valence-corrected chi connectivity index (χ4v) is 3.97. The first-order valence-electron chi connectivity index (χ1n) is 4.89. The number of isocyanates is 1. The molecule has 0 bridgehead atoms. The second kappa shape index (κ2) is 8.69. The molecule has 0 aromatic heterocycles. The van der Waals surface area contributed by atoms with Crippen LogP contribution in [0.3, 0.4) is 0 Å². The molecule has 1 atom stereocenters. The lowest BCUT2D eigenvalue weighted by Crippen LogP contribution is -2.09. The quantitative estimate of drug-likeness (QED) is 0.399. The van der Waals surface area contributed by atoms with Gasteiger partial charge in [0.05, 0.1) is 0 Å². The average molecular weight is 185 g/mol. The van der Waals surface area contributed by atoms with Crippen molar-refractivity contribution in [3.8, 4) is 0 Å². The molecule has 0 amide bonds. The van der Waals surface area contributed by atoms with Gasteiger partial charge in [0.25, 0.3) is 0 Å². The summed E-state index contributed by atoms with van der Waals surface area (Å²) in [4.78, 5) is 8.35. The van der Waals surface area contributed by atoms with Crippen molar-refractivity contribution in [2.75, 3.05) is 0 Å². The molecular formula is C9H19NOSi. The van der Waals surface area contributed by atoms with Crippen LogP contribution in [0.1, 0.15) is 32.6 Å². The first kappa shape index (κ1) is 11.6. The second-order valence-electron chi connectivity index (χ2n) is 3.39. The summed E-state index contributed by atoms with van der Waals surface area (Å²) in [5.74, 6) is 1.16. The van der Waals surface area contributed by atoms with E-state index in [1.165, 1.54) is 12.8 Å². The monoisotopic (exact) mass is 185 g/mol. The predicted molar refractivity (Wildman–Crippen MR) is 54.2 cm³/mol. The maximum absolute atomic E-state index is 8.35. The van der Waals surface area contributed by atoms with Crippen LogP contribution in [0.25, 0.3) is 0 Å². The summed E-state index contributed by atoms with van der Waals surface area (Å²) in [5, 5.41) is 5.40. The highest BCUT2D eigenvalue weighted by Crippen LogP contribution is 2.23. The van der Waals surface area contributed by atoms with Gasteiger partial charge >= 0.3 is 0 Å². The minimum absolute atomic E-state index is 0.441. The molecule has 0 aromatic carbocycles. The van der Waals surface area contributed by atoms with Gasteiger partial charge in [-0.3, -0.25) is 0 Å². The van der Waals surface area contributed by atoms with Gasteiger partial charge in [-0.1, -0.05) is 44.7 Å². The van der Waals surface area contributed by atoms with E-state index in [0.29, 0.717) is 9.52 Å². The average Bonchev–Trinajstić information content (AvgIpc) is 2.08. The molecule has 70 valence electrons. The Kier molecular flexibility index (Phi) is 8.40. The first-order chi connectivity index (χ1) is 5.85. The molecule has 2 nitrogen and oxygen atoms in total. The molecule has 0 saturated carbocycles. The lowest BCUT2D eigenvalue weighted by molar-refractivity contribution is 0.463. The zero-order valence-corrected chi connectivity index (χ0v) is 9.35. The van der Waals surface area contributed by atoms with E-state index in [4.69, 9.17) is 10.2 Å². The van der Waals surface area contributed by atoms with E-state index < -0.39 is 0 Å². The van der Waals surface area contributed by atoms with Gasteiger partial charge in [0.15, 0.2) is 0 Å². The third-order valence-corrected chi connectivity index (χ3v) is 4.65. The van der Waals surface area contributed by atoms with E-state index in [2.05, 4.69) is 6.92 Å². The van der Waals surface area contributed by atoms with E-state index in [1.807, 2.05) is 0 Å². The molecule has 0 spiro atoms. The lowest BCUT2D eigenvalue weighted by Gasteiger charge is -2.19. The van der Waals surface area contributed by atoms with E-state index >= 15 is 0 Å². The number of hydrogen-bond acceptors (Lipinski definition) is 2. The highest BCUT2D eigenvalue weighted by molar-refractivity contribution is 6.35. The topological polar surface area (TPSA) is 40.9 Å². The van der Waals surface area contributed by atoms with Gasteiger partial charge in [-0.25, -0.2) is 10.2 Å². The Labute approximate surface area is 77.1 Å². The molecule has 1 rings (SSSR count). The summed E-state index contributed by atoms with van der Waals surface area (Å²) in [6.45, 7) is 2.32. The third-order valence-electron chi connectivity index (χ3n) is 2.42. The van der Waals surface area contributed by atoms with E-state index in [9.17, 15) is 0 Å². The van der Waals surface area contributed by atoms with Crippen LogP contribution in [0.5, 0.6) is 0 Å². The van der Waals surface area contributed by atoms with Crippen molar-refractivity contribution >= 4 is 15.6 Å². The number of nitrogens with one attached hydrogen (secondary N) is 1. The molecule has 12 heavy (non-hydrogen) atoms. The summed E-state index contributed by atoms with van der Waals surface area (Å²) >= 11 is 0. The van der Waals surface area contributed by atoms with Crippen molar-refractivity contribution in [1.82, 2.24) is 0 Å². The smallest absolute Gasteiger partial charge is 0.222 e. The van der Waals surface area contributed by atoms with Crippen molar-refractivity contribution in [1.29, 1.82) is 5.41 Å². The van der Waals surface area contributed by atoms with Gasteiger partial charge in [0, 0.05) is 9.52 Å². The van der Waals surface area contributed by atoms with Crippen LogP contribution in [0.2, 0.25) is 12.1 Å². The minimum Gasteiger partial charge on any atom is -0.222 e. The van der Waals surface area contributed by atoms with Crippen LogP contribution in [-0.4, -0.2) is 15.6 Å². The summed E-state index contributed by atoms with van der Waals surface area (Å²) in [5.41, 5.74) is 0. The Morgan fingerprint density at radius 3 is 2.75 bits per heavy atom. The minimum atomic E-state index is 0.441. The molecule has 1 aliphatic rings. The SMILES string of the molecule is CCCC1CCC[SiH2]C1.N=C=O. The first-order valence-corrected chi connectivity index (χ1v) is 6.89. The molecule has 1 fully saturated rings. The van der Waals surface area contributed by atoms with E-state index in [-0.39, 0.29) is 0 Å². The standard InChI is InChI=1S/C8H18Si.CHNO/c1-2-4-8-5-3-6-9-7-8;2-1-3/h8H,2-7,9H2,1H3;2H. The predicted octanol–water partition coefficient (Wildman–Crippen LogP) is 2.10. The van der Waals surface area contributed by atoms with Crippen LogP contribution in [0.15, 0.2) is 0 Å². The molecule has 3 heteroatoms. The van der Waals surface area contributed by atoms with Crippen molar-refractivity contribution in [2.45, 2.75) is 44.7 Å². The van der Waals surface area contributed by atoms with Crippen LogP contribution in [-0.2, 0) is 4.79 Å². The molecule has 1 aliphatic heterocycles. The number of rotatable bonds is 2. The summed E-state index contributed by atoms with van der Waals surface area (Å²) in [6, 6.07) is 3.30.